The first-order chi connectivity index (χ1) is 18.4. The van der Waals surface area contributed by atoms with Crippen LogP contribution in [0.1, 0.15) is 63.5 Å². The predicted molar refractivity (Wildman–Crippen MR) is 159 cm³/mol. The summed E-state index contributed by atoms with van der Waals surface area (Å²) in [4.78, 5) is 0. The van der Waals surface area contributed by atoms with E-state index in [-0.39, 0.29) is 17.2 Å². The molecular weight excluding hydrogens is 504 g/mol. The van der Waals surface area contributed by atoms with E-state index in [2.05, 4.69) is 78.0 Å². The molecule has 0 amide bonds. The van der Waals surface area contributed by atoms with Crippen LogP contribution < -0.4 is 18.6 Å². The molecule has 0 unspecified atom stereocenters. The highest BCUT2D eigenvalue weighted by molar-refractivity contribution is 6.74. The van der Waals surface area contributed by atoms with Gasteiger partial charge in [0, 0.05) is 0 Å². The van der Waals surface area contributed by atoms with Crippen molar-refractivity contribution in [3.63, 3.8) is 0 Å². The highest BCUT2D eigenvalue weighted by atomic mass is 28.4. The molecule has 4 rings (SSSR count). The normalized spacial score (nSPS) is 21.5. The molecule has 0 aliphatic carbocycles. The SMILES string of the molecule is COc1cc([C@@H]2O[C@@H](c3ccc(O[Si](C)(C)C(C)(C)C)c(OC)c3)[C@H](C)[C@H]2C)ccc1OCc1ccccc1. The molecule has 0 saturated carbocycles. The molecule has 4 atom stereocenters. The third-order valence-electron chi connectivity index (χ3n) is 8.52. The summed E-state index contributed by atoms with van der Waals surface area (Å²) in [6.45, 7) is 16.2. The maximum Gasteiger partial charge on any atom is 0.250 e. The van der Waals surface area contributed by atoms with E-state index in [4.69, 9.17) is 23.4 Å². The molecule has 210 valence electrons. The monoisotopic (exact) mass is 548 g/mol. The summed E-state index contributed by atoms with van der Waals surface area (Å²) < 4.78 is 30.9. The van der Waals surface area contributed by atoms with Crippen molar-refractivity contribution < 1.29 is 23.4 Å². The van der Waals surface area contributed by atoms with Crippen LogP contribution in [0, 0.1) is 11.8 Å². The standard InChI is InChI=1S/C33H44O5Si/c1-22-23(2)32(26-16-18-28(30(20-26)35-7)38-39(8,9)33(3,4)5)37-31(22)25-15-17-27(29(19-25)34-6)36-21-24-13-11-10-12-14-24/h10-20,22-23,31-32H,21H2,1-9H3/t22-,23-,31-,32-/m1/s1. The Bertz CT molecular complexity index is 1250. The molecule has 3 aromatic carbocycles. The Balaban J connectivity index is 1.53. The van der Waals surface area contributed by atoms with Gasteiger partial charge in [0.05, 0.1) is 26.4 Å². The maximum atomic E-state index is 6.74. The molecule has 5 nitrogen and oxygen atoms in total. The van der Waals surface area contributed by atoms with Crippen LogP contribution in [0.2, 0.25) is 18.1 Å². The van der Waals surface area contributed by atoms with Crippen molar-refractivity contribution in [2.75, 3.05) is 14.2 Å². The minimum absolute atomic E-state index is 0.0548. The molecule has 0 aromatic heterocycles. The molecule has 1 aliphatic rings. The lowest BCUT2D eigenvalue weighted by Crippen LogP contribution is -2.43. The lowest BCUT2D eigenvalue weighted by atomic mass is 9.85. The van der Waals surface area contributed by atoms with Crippen molar-refractivity contribution in [2.45, 2.75) is 71.6 Å². The molecule has 6 heteroatoms. The van der Waals surface area contributed by atoms with Crippen LogP contribution in [0.25, 0.3) is 0 Å². The molecule has 0 radical (unpaired) electrons. The third-order valence-corrected chi connectivity index (χ3v) is 12.9. The molecule has 1 saturated heterocycles. The van der Waals surface area contributed by atoms with E-state index in [1.807, 2.05) is 36.4 Å². The van der Waals surface area contributed by atoms with Crippen LogP contribution in [-0.4, -0.2) is 22.5 Å². The van der Waals surface area contributed by atoms with E-state index in [9.17, 15) is 0 Å². The number of hydrogen-bond acceptors (Lipinski definition) is 5. The summed E-state index contributed by atoms with van der Waals surface area (Å²) in [5.41, 5.74) is 3.31. The maximum absolute atomic E-state index is 6.74. The average Bonchev–Trinajstić information content (AvgIpc) is 3.21. The zero-order chi connectivity index (χ0) is 28.4. The second-order valence-electron chi connectivity index (χ2n) is 12.2. The number of rotatable bonds is 9. The molecule has 3 aromatic rings. The smallest absolute Gasteiger partial charge is 0.250 e. The Morgan fingerprint density at radius 2 is 1.23 bits per heavy atom. The van der Waals surface area contributed by atoms with Crippen LogP contribution in [0.15, 0.2) is 66.7 Å². The molecule has 1 fully saturated rings. The first-order valence-electron chi connectivity index (χ1n) is 13.8. The summed E-state index contributed by atoms with van der Waals surface area (Å²) in [6.07, 6.45) is -0.114. The number of benzene rings is 3. The highest BCUT2D eigenvalue weighted by Crippen LogP contribution is 2.51. The Hall–Kier alpha value is -2.96. The van der Waals surface area contributed by atoms with Gasteiger partial charge in [-0.2, -0.15) is 0 Å². The Labute approximate surface area is 235 Å². The number of hydrogen-bond donors (Lipinski definition) is 0. The minimum atomic E-state index is -1.99. The number of ether oxygens (including phenoxy) is 4. The average molecular weight is 549 g/mol. The molecular formula is C33H44O5Si. The summed E-state index contributed by atoms with van der Waals surface area (Å²) in [6, 6.07) is 22.5. The minimum Gasteiger partial charge on any atom is -0.541 e. The van der Waals surface area contributed by atoms with Gasteiger partial charge in [0.15, 0.2) is 17.2 Å². The van der Waals surface area contributed by atoms with Crippen molar-refractivity contribution in [3.8, 4) is 23.0 Å². The second-order valence-corrected chi connectivity index (χ2v) is 16.9. The topological polar surface area (TPSA) is 46.2 Å². The summed E-state index contributed by atoms with van der Waals surface area (Å²) in [5.74, 6) is 3.62. The molecule has 0 N–H and O–H groups in total. The van der Waals surface area contributed by atoms with Crippen molar-refractivity contribution in [2.24, 2.45) is 11.8 Å². The lowest BCUT2D eigenvalue weighted by Gasteiger charge is -2.36. The van der Waals surface area contributed by atoms with Gasteiger partial charge in [-0.05, 0) is 70.9 Å². The van der Waals surface area contributed by atoms with E-state index >= 15 is 0 Å². The molecule has 0 spiro atoms. The van der Waals surface area contributed by atoms with Crippen molar-refractivity contribution in [1.82, 2.24) is 0 Å². The van der Waals surface area contributed by atoms with E-state index < -0.39 is 8.32 Å². The van der Waals surface area contributed by atoms with Crippen molar-refractivity contribution >= 4 is 8.32 Å². The highest BCUT2D eigenvalue weighted by Gasteiger charge is 2.42. The van der Waals surface area contributed by atoms with E-state index in [0.717, 1.165) is 33.9 Å². The Morgan fingerprint density at radius 3 is 1.74 bits per heavy atom. The zero-order valence-electron chi connectivity index (χ0n) is 24.9. The van der Waals surface area contributed by atoms with Gasteiger partial charge >= 0.3 is 0 Å². The molecule has 1 heterocycles. The van der Waals surface area contributed by atoms with Gasteiger partial charge in [-0.3, -0.25) is 0 Å². The van der Waals surface area contributed by atoms with Crippen molar-refractivity contribution in [3.05, 3.63) is 83.4 Å². The van der Waals surface area contributed by atoms with Crippen LogP contribution in [0.4, 0.5) is 0 Å². The fourth-order valence-corrected chi connectivity index (χ4v) is 5.84. The van der Waals surface area contributed by atoms with Gasteiger partial charge in [0.1, 0.15) is 12.4 Å². The van der Waals surface area contributed by atoms with Gasteiger partial charge in [0.2, 0.25) is 0 Å². The van der Waals surface area contributed by atoms with Gasteiger partial charge in [-0.1, -0.05) is 77.1 Å². The van der Waals surface area contributed by atoms with E-state index in [0.29, 0.717) is 24.2 Å². The van der Waals surface area contributed by atoms with Crippen LogP contribution in [0.3, 0.4) is 0 Å². The fourth-order valence-electron chi connectivity index (χ4n) is 4.81. The second kappa shape index (κ2) is 11.6. The van der Waals surface area contributed by atoms with Crippen LogP contribution >= 0.6 is 0 Å². The molecule has 1 aliphatic heterocycles. The lowest BCUT2D eigenvalue weighted by molar-refractivity contribution is 0.0288. The summed E-state index contributed by atoms with van der Waals surface area (Å²) in [7, 11) is 1.39. The first-order valence-corrected chi connectivity index (χ1v) is 16.7. The Kier molecular flexibility index (Phi) is 8.67. The van der Waals surface area contributed by atoms with E-state index in [1.165, 1.54) is 0 Å². The van der Waals surface area contributed by atoms with Crippen molar-refractivity contribution in [1.29, 1.82) is 0 Å². The first kappa shape index (κ1) is 29.0. The third kappa shape index (κ3) is 6.28. The quantitative estimate of drug-likeness (QED) is 0.250. The molecule has 39 heavy (non-hydrogen) atoms. The largest absolute Gasteiger partial charge is 0.541 e. The van der Waals surface area contributed by atoms with E-state index in [1.54, 1.807) is 14.2 Å². The van der Waals surface area contributed by atoms with Crippen LogP contribution in [-0.2, 0) is 11.3 Å². The summed E-state index contributed by atoms with van der Waals surface area (Å²) >= 11 is 0. The number of methoxy groups -OCH3 is 2. The van der Waals surface area contributed by atoms with Gasteiger partial charge in [-0.15, -0.1) is 0 Å². The van der Waals surface area contributed by atoms with Crippen LogP contribution in [0.5, 0.6) is 23.0 Å². The van der Waals surface area contributed by atoms with Gasteiger partial charge < -0.3 is 23.4 Å². The summed E-state index contributed by atoms with van der Waals surface area (Å²) in [5, 5.41) is 0.103. The Morgan fingerprint density at radius 1 is 0.718 bits per heavy atom. The predicted octanol–water partition coefficient (Wildman–Crippen LogP) is 8.75. The molecule has 0 bridgehead atoms. The zero-order valence-corrected chi connectivity index (χ0v) is 25.9. The fraction of sp³-hybridized carbons (Fsp3) is 0.455. The van der Waals surface area contributed by atoms with Gasteiger partial charge in [0.25, 0.3) is 8.32 Å². The van der Waals surface area contributed by atoms with Gasteiger partial charge in [-0.25, -0.2) is 0 Å².